The van der Waals surface area contributed by atoms with Crippen LogP contribution < -0.4 is 4.74 Å². The topological polar surface area (TPSA) is 66.8 Å². The molecule has 2 aromatic rings. The Morgan fingerprint density at radius 1 is 1.20 bits per heavy atom. The second-order valence-corrected chi connectivity index (χ2v) is 5.71. The second-order valence-electron chi connectivity index (χ2n) is 5.71. The fourth-order valence-corrected chi connectivity index (χ4v) is 2.51. The summed E-state index contributed by atoms with van der Waals surface area (Å²) in [6.45, 7) is 1.39. The Labute approximate surface area is 145 Å². The quantitative estimate of drug-likeness (QED) is 0.837. The molecule has 25 heavy (non-hydrogen) atoms. The smallest absolute Gasteiger partial charge is 0.323 e. The molecule has 1 atom stereocenters. The Bertz CT molecular complexity index is 745. The van der Waals surface area contributed by atoms with Gasteiger partial charge < -0.3 is 14.7 Å². The summed E-state index contributed by atoms with van der Waals surface area (Å²) in [4.78, 5) is 25.2. The van der Waals surface area contributed by atoms with E-state index in [4.69, 9.17) is 9.84 Å². The highest BCUT2D eigenvalue weighted by Gasteiger charge is 2.24. The lowest BCUT2D eigenvalue weighted by Crippen LogP contribution is -2.37. The van der Waals surface area contributed by atoms with E-state index in [1.54, 1.807) is 31.2 Å². The summed E-state index contributed by atoms with van der Waals surface area (Å²) in [6.07, 6.45) is 0. The lowest BCUT2D eigenvalue weighted by molar-refractivity contribution is -0.145. The van der Waals surface area contributed by atoms with Crippen molar-refractivity contribution in [3.05, 3.63) is 65.5 Å². The Balaban J connectivity index is 2.21. The Morgan fingerprint density at radius 3 is 2.48 bits per heavy atom. The van der Waals surface area contributed by atoms with E-state index in [1.165, 1.54) is 36.3 Å². The maximum Gasteiger partial charge on any atom is 0.323 e. The fraction of sp³-hybridized carbons (Fsp3) is 0.263. The van der Waals surface area contributed by atoms with Crippen LogP contribution in [0.25, 0.3) is 0 Å². The maximum absolute atomic E-state index is 13.0. The van der Waals surface area contributed by atoms with Crippen LogP contribution in [0.1, 0.15) is 24.0 Å². The molecule has 1 unspecified atom stereocenters. The lowest BCUT2D eigenvalue weighted by atomic mass is 9.99. The van der Waals surface area contributed by atoms with E-state index in [0.717, 1.165) is 5.56 Å². The summed E-state index contributed by atoms with van der Waals surface area (Å²) >= 11 is 0. The van der Waals surface area contributed by atoms with Gasteiger partial charge in [-0.2, -0.15) is 0 Å². The van der Waals surface area contributed by atoms with Gasteiger partial charge in [0.15, 0.2) is 0 Å². The molecule has 5 nitrogen and oxygen atoms in total. The van der Waals surface area contributed by atoms with Crippen LogP contribution in [-0.4, -0.2) is 35.5 Å². The Morgan fingerprint density at radius 2 is 1.88 bits per heavy atom. The minimum atomic E-state index is -1.10. The molecular weight excluding hydrogens is 325 g/mol. The molecule has 0 aliphatic carbocycles. The summed E-state index contributed by atoms with van der Waals surface area (Å²) < 4.78 is 18.2. The molecule has 0 heterocycles. The van der Waals surface area contributed by atoms with Crippen molar-refractivity contribution in [3.63, 3.8) is 0 Å². The number of halogens is 1. The average Bonchev–Trinajstić information content (AvgIpc) is 2.61. The normalized spacial score (nSPS) is 11.6. The molecule has 0 aliphatic heterocycles. The molecular formula is C19H20FNO4. The predicted molar refractivity (Wildman–Crippen MR) is 90.9 cm³/mol. The first kappa shape index (κ1) is 18.4. The number of carboxylic acid groups (broad SMARTS) is 1. The van der Waals surface area contributed by atoms with E-state index < -0.39 is 18.4 Å². The predicted octanol–water partition coefficient (Wildman–Crippen LogP) is 3.05. The number of methoxy groups -OCH3 is 1. The Kier molecular flexibility index (Phi) is 6.11. The van der Waals surface area contributed by atoms with Crippen molar-refractivity contribution in [1.82, 2.24) is 4.90 Å². The van der Waals surface area contributed by atoms with E-state index in [9.17, 15) is 14.0 Å². The number of rotatable bonds is 7. The van der Waals surface area contributed by atoms with Crippen LogP contribution in [-0.2, 0) is 16.1 Å². The van der Waals surface area contributed by atoms with Gasteiger partial charge in [0.05, 0.1) is 13.0 Å². The van der Waals surface area contributed by atoms with E-state index in [0.29, 0.717) is 11.3 Å². The highest BCUT2D eigenvalue weighted by atomic mass is 19.1. The van der Waals surface area contributed by atoms with E-state index >= 15 is 0 Å². The van der Waals surface area contributed by atoms with Gasteiger partial charge in [0.1, 0.15) is 18.1 Å². The summed E-state index contributed by atoms with van der Waals surface area (Å²) in [7, 11) is 1.54. The van der Waals surface area contributed by atoms with Crippen molar-refractivity contribution in [3.8, 4) is 5.75 Å². The molecule has 0 aromatic heterocycles. The third-order valence-electron chi connectivity index (χ3n) is 3.89. The standard InChI is InChI=1S/C19H20FNO4/c1-13(15-4-3-5-17(10-15)25-2)19(24)21(12-18(22)23)11-14-6-8-16(20)9-7-14/h3-10,13H,11-12H2,1-2H3,(H,22,23). The van der Waals surface area contributed by atoms with Gasteiger partial charge in [0.25, 0.3) is 0 Å². The van der Waals surface area contributed by atoms with Gasteiger partial charge in [0, 0.05) is 6.54 Å². The zero-order valence-corrected chi connectivity index (χ0v) is 14.1. The molecule has 1 N–H and O–H groups in total. The van der Waals surface area contributed by atoms with E-state index in [1.807, 2.05) is 0 Å². The molecule has 132 valence electrons. The van der Waals surface area contributed by atoms with Gasteiger partial charge in [-0.1, -0.05) is 24.3 Å². The van der Waals surface area contributed by atoms with Crippen LogP contribution in [0, 0.1) is 5.82 Å². The van der Waals surface area contributed by atoms with Gasteiger partial charge in [-0.05, 0) is 42.3 Å². The monoisotopic (exact) mass is 345 g/mol. The average molecular weight is 345 g/mol. The number of carboxylic acids is 1. The number of aliphatic carboxylic acids is 1. The van der Waals surface area contributed by atoms with Crippen molar-refractivity contribution in [1.29, 1.82) is 0 Å². The number of hydrogen-bond acceptors (Lipinski definition) is 3. The fourth-order valence-electron chi connectivity index (χ4n) is 2.51. The van der Waals surface area contributed by atoms with Crippen LogP contribution >= 0.6 is 0 Å². The molecule has 2 aromatic carbocycles. The lowest BCUT2D eigenvalue weighted by Gasteiger charge is -2.25. The van der Waals surface area contributed by atoms with Gasteiger partial charge in [-0.25, -0.2) is 4.39 Å². The van der Waals surface area contributed by atoms with Gasteiger partial charge >= 0.3 is 5.97 Å². The summed E-state index contributed by atoms with van der Waals surface area (Å²) in [5.41, 5.74) is 1.40. The van der Waals surface area contributed by atoms with Crippen LogP contribution in [0.15, 0.2) is 48.5 Å². The number of ether oxygens (including phenoxy) is 1. The third-order valence-corrected chi connectivity index (χ3v) is 3.89. The number of carbonyl (C=O) groups is 2. The molecule has 0 fully saturated rings. The summed E-state index contributed by atoms with van der Waals surface area (Å²) in [5.74, 6) is -1.71. The largest absolute Gasteiger partial charge is 0.497 e. The van der Waals surface area contributed by atoms with Crippen LogP contribution in [0.2, 0.25) is 0 Å². The van der Waals surface area contributed by atoms with Crippen molar-refractivity contribution >= 4 is 11.9 Å². The van der Waals surface area contributed by atoms with E-state index in [-0.39, 0.29) is 18.3 Å². The van der Waals surface area contributed by atoms with Crippen molar-refractivity contribution < 1.29 is 23.8 Å². The van der Waals surface area contributed by atoms with Crippen LogP contribution in [0.3, 0.4) is 0 Å². The maximum atomic E-state index is 13.0. The summed E-state index contributed by atoms with van der Waals surface area (Å²) in [5, 5.41) is 9.12. The highest BCUT2D eigenvalue weighted by Crippen LogP contribution is 2.23. The first-order chi connectivity index (χ1) is 11.9. The van der Waals surface area contributed by atoms with Crippen LogP contribution in [0.4, 0.5) is 4.39 Å². The number of amides is 1. The summed E-state index contributed by atoms with van der Waals surface area (Å²) in [6, 6.07) is 12.7. The first-order valence-corrected chi connectivity index (χ1v) is 7.79. The molecule has 0 saturated heterocycles. The number of carbonyl (C=O) groups excluding carboxylic acids is 1. The van der Waals surface area contributed by atoms with Gasteiger partial charge in [0.2, 0.25) is 5.91 Å². The molecule has 0 aliphatic rings. The van der Waals surface area contributed by atoms with E-state index in [2.05, 4.69) is 0 Å². The second kappa shape index (κ2) is 8.28. The zero-order chi connectivity index (χ0) is 18.4. The first-order valence-electron chi connectivity index (χ1n) is 7.79. The Hall–Kier alpha value is -2.89. The third kappa shape index (κ3) is 5.04. The minimum absolute atomic E-state index is 0.0969. The van der Waals surface area contributed by atoms with Gasteiger partial charge in [-0.3, -0.25) is 9.59 Å². The highest BCUT2D eigenvalue weighted by molar-refractivity contribution is 5.86. The molecule has 1 amide bonds. The zero-order valence-electron chi connectivity index (χ0n) is 14.1. The van der Waals surface area contributed by atoms with Crippen molar-refractivity contribution in [2.24, 2.45) is 0 Å². The van der Waals surface area contributed by atoms with Crippen molar-refractivity contribution in [2.45, 2.75) is 19.4 Å². The molecule has 6 heteroatoms. The molecule has 2 rings (SSSR count). The molecule has 0 radical (unpaired) electrons. The molecule has 0 saturated carbocycles. The molecule has 0 bridgehead atoms. The van der Waals surface area contributed by atoms with Crippen LogP contribution in [0.5, 0.6) is 5.75 Å². The number of nitrogens with zero attached hydrogens (tertiary/aromatic N) is 1. The minimum Gasteiger partial charge on any atom is -0.497 e. The SMILES string of the molecule is COc1cccc(C(C)C(=O)N(CC(=O)O)Cc2ccc(F)cc2)c1. The number of benzene rings is 2. The van der Waals surface area contributed by atoms with Gasteiger partial charge in [-0.15, -0.1) is 0 Å². The number of hydrogen-bond donors (Lipinski definition) is 1. The van der Waals surface area contributed by atoms with Crippen molar-refractivity contribution in [2.75, 3.05) is 13.7 Å². The molecule has 0 spiro atoms.